The first-order chi connectivity index (χ1) is 11.8. The quantitative estimate of drug-likeness (QED) is 0.720. The van der Waals surface area contributed by atoms with Gasteiger partial charge in [0.15, 0.2) is 0 Å². The van der Waals surface area contributed by atoms with Crippen molar-refractivity contribution in [2.75, 3.05) is 25.2 Å². The van der Waals surface area contributed by atoms with Gasteiger partial charge in [0.25, 0.3) is 0 Å². The van der Waals surface area contributed by atoms with Crippen molar-refractivity contribution in [3.05, 3.63) is 52.5 Å². The average molecular weight is 419 g/mol. The van der Waals surface area contributed by atoms with Crippen molar-refractivity contribution in [1.29, 1.82) is 0 Å². The standard InChI is InChI=1S/C16H16Cl2N2O3S2/c1-20(25(22,23)15-9-11(17)7-8-12(15)18)10-16(21)19-13-5-3-4-6-14(13)24-2/h3-9H,10H2,1-2H3,(H,19,21). The molecule has 0 spiro atoms. The summed E-state index contributed by atoms with van der Waals surface area (Å²) in [5, 5.41) is 3.01. The summed E-state index contributed by atoms with van der Waals surface area (Å²) in [6, 6.07) is 11.4. The second kappa shape index (κ2) is 8.42. The molecule has 25 heavy (non-hydrogen) atoms. The van der Waals surface area contributed by atoms with Crippen LogP contribution in [0.3, 0.4) is 0 Å². The van der Waals surface area contributed by atoms with Gasteiger partial charge >= 0.3 is 0 Å². The third-order valence-corrected chi connectivity index (χ3v) is 6.64. The summed E-state index contributed by atoms with van der Waals surface area (Å²) in [6.07, 6.45) is 1.89. The molecule has 0 saturated carbocycles. The summed E-state index contributed by atoms with van der Waals surface area (Å²) in [5.41, 5.74) is 0.631. The summed E-state index contributed by atoms with van der Waals surface area (Å²) in [7, 11) is -2.63. The molecule has 0 fully saturated rings. The first-order valence-electron chi connectivity index (χ1n) is 7.10. The van der Waals surface area contributed by atoms with Crippen molar-refractivity contribution in [3.63, 3.8) is 0 Å². The first-order valence-corrected chi connectivity index (χ1v) is 10.5. The smallest absolute Gasteiger partial charge is 0.244 e. The minimum absolute atomic E-state index is 0.0457. The molecule has 2 aromatic carbocycles. The molecule has 0 aromatic heterocycles. The SMILES string of the molecule is CSc1ccccc1NC(=O)CN(C)S(=O)(=O)c1cc(Cl)ccc1Cl. The van der Waals surface area contributed by atoms with Crippen LogP contribution < -0.4 is 5.32 Å². The Hall–Kier alpha value is -1.25. The molecule has 0 aliphatic carbocycles. The second-order valence-corrected chi connectivity index (χ2v) is 8.79. The molecule has 2 aromatic rings. The van der Waals surface area contributed by atoms with E-state index in [2.05, 4.69) is 5.32 Å². The van der Waals surface area contributed by atoms with Gasteiger partial charge < -0.3 is 5.32 Å². The zero-order valence-electron chi connectivity index (χ0n) is 13.5. The van der Waals surface area contributed by atoms with Crippen LogP contribution in [0, 0.1) is 0 Å². The van der Waals surface area contributed by atoms with Crippen LogP contribution in [0.1, 0.15) is 0 Å². The molecular formula is C16H16Cl2N2O3S2. The largest absolute Gasteiger partial charge is 0.324 e. The number of carbonyl (C=O) groups is 1. The molecule has 1 amide bonds. The highest BCUT2D eigenvalue weighted by atomic mass is 35.5. The maximum atomic E-state index is 12.6. The Kier molecular flexibility index (Phi) is 6.76. The van der Waals surface area contributed by atoms with E-state index in [0.29, 0.717) is 5.69 Å². The Bertz CT molecular complexity index is 889. The highest BCUT2D eigenvalue weighted by Gasteiger charge is 2.26. The number of carbonyl (C=O) groups excluding carboxylic acids is 1. The van der Waals surface area contributed by atoms with Crippen molar-refractivity contribution in [1.82, 2.24) is 4.31 Å². The van der Waals surface area contributed by atoms with Crippen molar-refractivity contribution >= 4 is 56.6 Å². The average Bonchev–Trinajstić information content (AvgIpc) is 2.57. The maximum absolute atomic E-state index is 12.6. The van der Waals surface area contributed by atoms with Crippen LogP contribution in [-0.2, 0) is 14.8 Å². The Labute approximate surface area is 161 Å². The minimum Gasteiger partial charge on any atom is -0.324 e. The van der Waals surface area contributed by atoms with E-state index in [4.69, 9.17) is 23.2 Å². The maximum Gasteiger partial charge on any atom is 0.244 e. The molecule has 0 bridgehead atoms. The second-order valence-electron chi connectivity index (χ2n) is 5.08. The Morgan fingerprint density at radius 3 is 2.56 bits per heavy atom. The lowest BCUT2D eigenvalue weighted by Gasteiger charge is -2.18. The van der Waals surface area contributed by atoms with Gasteiger partial charge in [-0.1, -0.05) is 35.3 Å². The predicted octanol–water partition coefficient (Wildman–Crippen LogP) is 3.97. The van der Waals surface area contributed by atoms with Crippen LogP contribution in [0.25, 0.3) is 0 Å². The molecule has 0 aliphatic rings. The summed E-state index contributed by atoms with van der Waals surface area (Å²) in [5.74, 6) is -0.453. The van der Waals surface area contributed by atoms with Crippen LogP contribution in [0.4, 0.5) is 5.69 Å². The highest BCUT2D eigenvalue weighted by Crippen LogP contribution is 2.27. The third kappa shape index (κ3) is 4.89. The van der Waals surface area contributed by atoms with Crippen LogP contribution >= 0.6 is 35.0 Å². The monoisotopic (exact) mass is 418 g/mol. The predicted molar refractivity (Wildman–Crippen MR) is 103 cm³/mol. The van der Waals surface area contributed by atoms with Crippen LogP contribution in [0.5, 0.6) is 0 Å². The number of benzene rings is 2. The summed E-state index contributed by atoms with van der Waals surface area (Å²) in [6.45, 7) is -0.353. The Morgan fingerprint density at radius 2 is 1.88 bits per heavy atom. The number of hydrogen-bond acceptors (Lipinski definition) is 4. The molecule has 0 saturated heterocycles. The number of sulfonamides is 1. The number of nitrogens with zero attached hydrogens (tertiary/aromatic N) is 1. The Balaban J connectivity index is 2.16. The molecule has 5 nitrogen and oxygen atoms in total. The zero-order valence-corrected chi connectivity index (χ0v) is 16.6. The van der Waals surface area contributed by atoms with Gasteiger partial charge in [0.05, 0.1) is 17.3 Å². The normalized spacial score (nSPS) is 11.6. The lowest BCUT2D eigenvalue weighted by Crippen LogP contribution is -2.35. The van der Waals surface area contributed by atoms with E-state index in [1.54, 1.807) is 12.1 Å². The summed E-state index contributed by atoms with van der Waals surface area (Å²) >= 11 is 13.3. The van der Waals surface area contributed by atoms with Crippen LogP contribution in [0.15, 0.2) is 52.3 Å². The molecule has 134 valence electrons. The summed E-state index contributed by atoms with van der Waals surface area (Å²) in [4.78, 5) is 13.0. The fourth-order valence-corrected chi connectivity index (χ4v) is 4.48. The number of anilines is 1. The third-order valence-electron chi connectivity index (χ3n) is 3.33. The molecule has 0 atom stereocenters. The summed E-state index contributed by atoms with van der Waals surface area (Å²) < 4.78 is 26.2. The van der Waals surface area contributed by atoms with Crippen LogP contribution in [-0.4, -0.2) is 38.5 Å². The number of halogens is 2. The van der Waals surface area contributed by atoms with Crippen molar-refractivity contribution in [2.45, 2.75) is 9.79 Å². The fourth-order valence-electron chi connectivity index (χ4n) is 2.07. The molecule has 0 aliphatic heterocycles. The van der Waals surface area contributed by atoms with E-state index in [-0.39, 0.29) is 21.5 Å². The number of thioether (sulfide) groups is 1. The van der Waals surface area contributed by atoms with Gasteiger partial charge in [-0.15, -0.1) is 11.8 Å². The van der Waals surface area contributed by atoms with Crippen molar-refractivity contribution in [2.24, 2.45) is 0 Å². The van der Waals surface area contributed by atoms with Gasteiger partial charge in [-0.05, 0) is 36.6 Å². The van der Waals surface area contributed by atoms with E-state index in [1.165, 1.54) is 37.0 Å². The molecule has 0 unspecified atom stereocenters. The number of nitrogens with one attached hydrogen (secondary N) is 1. The van der Waals surface area contributed by atoms with Crippen LogP contribution in [0.2, 0.25) is 10.0 Å². The lowest BCUT2D eigenvalue weighted by molar-refractivity contribution is -0.116. The zero-order chi connectivity index (χ0) is 18.6. The first kappa shape index (κ1) is 20.1. The molecule has 9 heteroatoms. The fraction of sp³-hybridized carbons (Fsp3) is 0.188. The molecular weight excluding hydrogens is 403 g/mol. The Morgan fingerprint density at radius 1 is 1.20 bits per heavy atom. The van der Waals surface area contributed by atoms with E-state index < -0.39 is 15.9 Å². The van der Waals surface area contributed by atoms with E-state index in [0.717, 1.165) is 9.20 Å². The van der Waals surface area contributed by atoms with Crippen molar-refractivity contribution in [3.8, 4) is 0 Å². The number of para-hydroxylation sites is 1. The number of likely N-dealkylation sites (N-methyl/N-ethyl adjacent to an activating group) is 1. The van der Waals surface area contributed by atoms with Gasteiger partial charge in [-0.25, -0.2) is 8.42 Å². The molecule has 0 heterocycles. The topological polar surface area (TPSA) is 66.5 Å². The lowest BCUT2D eigenvalue weighted by atomic mass is 10.3. The van der Waals surface area contributed by atoms with Gasteiger partial charge in [-0.2, -0.15) is 4.31 Å². The number of amides is 1. The highest BCUT2D eigenvalue weighted by molar-refractivity contribution is 7.98. The van der Waals surface area contributed by atoms with Gasteiger partial charge in [0, 0.05) is 17.0 Å². The van der Waals surface area contributed by atoms with E-state index in [9.17, 15) is 13.2 Å². The molecule has 0 radical (unpaired) electrons. The van der Waals surface area contributed by atoms with E-state index in [1.807, 2.05) is 18.4 Å². The number of hydrogen-bond donors (Lipinski definition) is 1. The van der Waals surface area contributed by atoms with Gasteiger partial charge in [0.2, 0.25) is 15.9 Å². The van der Waals surface area contributed by atoms with E-state index >= 15 is 0 Å². The van der Waals surface area contributed by atoms with Gasteiger partial charge in [0.1, 0.15) is 4.90 Å². The van der Waals surface area contributed by atoms with Gasteiger partial charge in [-0.3, -0.25) is 4.79 Å². The molecule has 2 rings (SSSR count). The molecule has 1 N–H and O–H groups in total. The number of rotatable bonds is 6. The van der Waals surface area contributed by atoms with Crippen molar-refractivity contribution < 1.29 is 13.2 Å². The minimum atomic E-state index is -3.94.